The van der Waals surface area contributed by atoms with Gasteiger partial charge in [0.05, 0.1) is 17.7 Å². The molecule has 1 saturated heterocycles. The largest absolute Gasteiger partial charge is 0.332 e. The molecule has 114 valence electrons. The van der Waals surface area contributed by atoms with Crippen LogP contribution in [0.3, 0.4) is 0 Å². The van der Waals surface area contributed by atoms with Crippen LogP contribution in [0.5, 0.6) is 0 Å². The zero-order valence-corrected chi connectivity index (χ0v) is 13.2. The van der Waals surface area contributed by atoms with E-state index in [0.717, 1.165) is 0 Å². The molecule has 0 radical (unpaired) electrons. The Labute approximate surface area is 119 Å². The number of rotatable bonds is 5. The van der Waals surface area contributed by atoms with Crippen molar-refractivity contribution < 1.29 is 16.8 Å². The first-order valence-electron chi connectivity index (χ1n) is 6.56. The first kappa shape index (κ1) is 15.5. The maximum atomic E-state index is 12.6. The number of aromatic amines is 1. The molecule has 2 heterocycles. The Morgan fingerprint density at radius 3 is 2.60 bits per heavy atom. The van der Waals surface area contributed by atoms with Crippen molar-refractivity contribution in [1.82, 2.24) is 14.3 Å². The van der Waals surface area contributed by atoms with E-state index in [9.17, 15) is 16.8 Å². The van der Waals surface area contributed by atoms with Crippen LogP contribution in [0.1, 0.15) is 26.1 Å². The molecule has 2 rings (SSSR count). The molecule has 0 amide bonds. The lowest BCUT2D eigenvalue weighted by molar-refractivity contribution is 0.353. The van der Waals surface area contributed by atoms with Crippen molar-refractivity contribution >= 4 is 19.9 Å². The third-order valence-electron chi connectivity index (χ3n) is 3.45. The second-order valence-corrected chi connectivity index (χ2v) is 8.90. The summed E-state index contributed by atoms with van der Waals surface area (Å²) in [5, 5.41) is 0.0282. The zero-order valence-electron chi connectivity index (χ0n) is 11.5. The van der Waals surface area contributed by atoms with Gasteiger partial charge in [-0.15, -0.1) is 0 Å². The summed E-state index contributed by atoms with van der Waals surface area (Å²) in [5.41, 5.74) is 0. The van der Waals surface area contributed by atoms with Crippen molar-refractivity contribution in [3.8, 4) is 0 Å². The lowest BCUT2D eigenvalue weighted by Crippen LogP contribution is -2.41. The van der Waals surface area contributed by atoms with E-state index in [-0.39, 0.29) is 23.1 Å². The van der Waals surface area contributed by atoms with E-state index in [1.807, 2.05) is 6.92 Å². The van der Waals surface area contributed by atoms with Crippen molar-refractivity contribution in [2.45, 2.75) is 37.8 Å². The average molecular weight is 321 g/mol. The molecule has 20 heavy (non-hydrogen) atoms. The maximum Gasteiger partial charge on any atom is 0.260 e. The molecule has 1 aromatic rings. The fourth-order valence-corrected chi connectivity index (χ4v) is 5.83. The number of H-pyrrole nitrogens is 1. The van der Waals surface area contributed by atoms with E-state index in [1.165, 1.54) is 10.5 Å². The number of sulfonamides is 1. The van der Waals surface area contributed by atoms with Crippen molar-refractivity contribution in [2.75, 3.05) is 18.1 Å². The minimum Gasteiger partial charge on any atom is -0.332 e. The van der Waals surface area contributed by atoms with Gasteiger partial charge in [-0.05, 0) is 6.42 Å². The minimum atomic E-state index is -3.72. The monoisotopic (exact) mass is 321 g/mol. The van der Waals surface area contributed by atoms with E-state index in [1.54, 1.807) is 6.92 Å². The Morgan fingerprint density at radius 1 is 1.45 bits per heavy atom. The minimum absolute atomic E-state index is 0.0282. The van der Waals surface area contributed by atoms with Crippen molar-refractivity contribution in [1.29, 1.82) is 0 Å². The van der Waals surface area contributed by atoms with E-state index in [0.29, 0.717) is 18.7 Å². The first-order valence-corrected chi connectivity index (χ1v) is 9.82. The van der Waals surface area contributed by atoms with Gasteiger partial charge >= 0.3 is 0 Å². The molecule has 1 atom stereocenters. The lowest BCUT2D eigenvalue weighted by Gasteiger charge is -2.24. The molecule has 9 heteroatoms. The van der Waals surface area contributed by atoms with Gasteiger partial charge in [0.2, 0.25) is 0 Å². The predicted molar refractivity (Wildman–Crippen MR) is 74.6 cm³/mol. The summed E-state index contributed by atoms with van der Waals surface area (Å²) >= 11 is 0. The number of imidazole rings is 1. The third kappa shape index (κ3) is 2.89. The van der Waals surface area contributed by atoms with Crippen LogP contribution in [-0.2, 0) is 26.3 Å². The molecule has 0 aromatic carbocycles. The fourth-order valence-electron chi connectivity index (χ4n) is 2.41. The molecule has 0 saturated carbocycles. The van der Waals surface area contributed by atoms with Crippen LogP contribution >= 0.6 is 0 Å². The molecule has 1 N–H and O–H groups in total. The van der Waals surface area contributed by atoms with E-state index in [4.69, 9.17) is 0 Å². The molecule has 1 unspecified atom stereocenters. The summed E-state index contributed by atoms with van der Waals surface area (Å²) in [5.74, 6) is 0.542. The molecule has 7 nitrogen and oxygen atoms in total. The predicted octanol–water partition coefficient (Wildman–Crippen LogP) is 0.170. The number of hydrogen-bond donors (Lipinski definition) is 1. The third-order valence-corrected chi connectivity index (χ3v) is 7.14. The summed E-state index contributed by atoms with van der Waals surface area (Å²) in [6.45, 7) is 3.82. The highest BCUT2D eigenvalue weighted by atomic mass is 32.2. The van der Waals surface area contributed by atoms with E-state index >= 15 is 0 Å². The Kier molecular flexibility index (Phi) is 4.22. The van der Waals surface area contributed by atoms with Gasteiger partial charge < -0.3 is 4.98 Å². The number of sulfone groups is 1. The number of aryl methyl sites for hydroxylation is 1. The molecular weight excluding hydrogens is 302 g/mol. The van der Waals surface area contributed by atoms with Gasteiger partial charge in [0, 0.05) is 19.0 Å². The summed E-state index contributed by atoms with van der Waals surface area (Å²) in [7, 11) is -6.85. The Morgan fingerprint density at radius 2 is 2.15 bits per heavy atom. The maximum absolute atomic E-state index is 12.6. The van der Waals surface area contributed by atoms with E-state index in [2.05, 4.69) is 9.97 Å². The zero-order chi connectivity index (χ0) is 15.0. The van der Waals surface area contributed by atoms with Crippen LogP contribution in [0.2, 0.25) is 0 Å². The van der Waals surface area contributed by atoms with Crippen molar-refractivity contribution in [2.24, 2.45) is 0 Å². The molecule has 1 aromatic heterocycles. The van der Waals surface area contributed by atoms with Gasteiger partial charge in [0.15, 0.2) is 14.9 Å². The smallest absolute Gasteiger partial charge is 0.260 e. The lowest BCUT2D eigenvalue weighted by atomic mass is 10.3. The van der Waals surface area contributed by atoms with Crippen LogP contribution in [0.4, 0.5) is 0 Å². The molecule has 1 aliphatic heterocycles. The highest BCUT2D eigenvalue weighted by Crippen LogP contribution is 2.23. The normalized spacial score (nSPS) is 22.4. The van der Waals surface area contributed by atoms with Gasteiger partial charge in [-0.25, -0.2) is 21.8 Å². The Hall–Kier alpha value is -0.930. The highest BCUT2D eigenvalue weighted by molar-refractivity contribution is 7.92. The van der Waals surface area contributed by atoms with E-state index < -0.39 is 25.9 Å². The Bertz CT molecular complexity index is 678. The summed E-state index contributed by atoms with van der Waals surface area (Å²) in [6.07, 6.45) is 2.25. The van der Waals surface area contributed by atoms with Gasteiger partial charge in [-0.3, -0.25) is 0 Å². The molecule has 0 bridgehead atoms. The molecule has 1 fully saturated rings. The summed E-state index contributed by atoms with van der Waals surface area (Å²) in [6, 6.07) is -0.483. The van der Waals surface area contributed by atoms with Crippen LogP contribution in [0, 0.1) is 0 Å². The molecule has 1 aliphatic rings. The van der Waals surface area contributed by atoms with Gasteiger partial charge in [-0.2, -0.15) is 4.31 Å². The van der Waals surface area contributed by atoms with Crippen molar-refractivity contribution in [3.63, 3.8) is 0 Å². The summed E-state index contributed by atoms with van der Waals surface area (Å²) < 4.78 is 49.4. The molecule has 0 spiro atoms. The van der Waals surface area contributed by atoms with Crippen LogP contribution < -0.4 is 0 Å². The number of aromatic nitrogens is 2. The second-order valence-electron chi connectivity index (χ2n) is 4.81. The number of nitrogens with one attached hydrogen (secondary N) is 1. The van der Waals surface area contributed by atoms with Crippen molar-refractivity contribution in [3.05, 3.63) is 12.0 Å². The molecular formula is C11H19N3O4S2. The molecule has 0 aliphatic carbocycles. The van der Waals surface area contributed by atoms with Crippen LogP contribution in [0.25, 0.3) is 0 Å². The quantitative estimate of drug-likeness (QED) is 0.833. The standard InChI is InChI=1S/C11H19N3O4S2/c1-3-10-12-7-11(13-10)20(17,18)14(4-2)9-5-6-19(15,16)8-9/h7,9H,3-6,8H2,1-2H3,(H,12,13). The summed E-state index contributed by atoms with van der Waals surface area (Å²) in [4.78, 5) is 6.77. The van der Waals surface area contributed by atoms with Gasteiger partial charge in [0.25, 0.3) is 10.0 Å². The van der Waals surface area contributed by atoms with Crippen LogP contribution in [-0.4, -0.2) is 55.2 Å². The topological polar surface area (TPSA) is 100 Å². The highest BCUT2D eigenvalue weighted by Gasteiger charge is 2.38. The fraction of sp³-hybridized carbons (Fsp3) is 0.727. The van der Waals surface area contributed by atoms with Crippen LogP contribution in [0.15, 0.2) is 11.2 Å². The van der Waals surface area contributed by atoms with Gasteiger partial charge in [-0.1, -0.05) is 13.8 Å². The van der Waals surface area contributed by atoms with Gasteiger partial charge in [0.1, 0.15) is 5.82 Å². The first-order chi connectivity index (χ1) is 9.30. The number of nitrogens with zero attached hydrogens (tertiary/aromatic N) is 2. The second kappa shape index (κ2) is 5.45. The SMILES string of the molecule is CCc1ncc(S(=O)(=O)N(CC)C2CCS(=O)(=O)C2)[nH]1. The Balaban J connectivity index is 2.31. The number of hydrogen-bond acceptors (Lipinski definition) is 5. The average Bonchev–Trinajstić information content (AvgIpc) is 2.96.